The Morgan fingerprint density at radius 3 is 2.55 bits per heavy atom. The molecule has 20 heavy (non-hydrogen) atoms. The summed E-state index contributed by atoms with van der Waals surface area (Å²) in [6.07, 6.45) is 4.65. The highest BCUT2D eigenvalue weighted by Gasteiger charge is 2.34. The van der Waals surface area contributed by atoms with Gasteiger partial charge in [-0.2, -0.15) is 0 Å². The van der Waals surface area contributed by atoms with E-state index in [0.717, 1.165) is 12.8 Å². The van der Waals surface area contributed by atoms with Crippen LogP contribution in [-0.4, -0.2) is 40.1 Å². The van der Waals surface area contributed by atoms with E-state index >= 15 is 0 Å². The highest BCUT2D eigenvalue weighted by Crippen LogP contribution is 2.33. The maximum absolute atomic E-state index is 12.3. The SMILES string of the molecule is CN(CC1(O)CCCC1)C(=O)c1ncc(Cl)c(Cl)c1Cl. The van der Waals surface area contributed by atoms with E-state index in [2.05, 4.69) is 4.98 Å². The molecule has 0 saturated heterocycles. The molecule has 0 radical (unpaired) electrons. The molecule has 110 valence electrons. The summed E-state index contributed by atoms with van der Waals surface area (Å²) in [5.41, 5.74) is -0.766. The van der Waals surface area contributed by atoms with Crippen LogP contribution in [0.4, 0.5) is 0 Å². The average molecular weight is 338 g/mol. The van der Waals surface area contributed by atoms with E-state index in [-0.39, 0.29) is 33.2 Å². The number of carbonyl (C=O) groups excluding carboxylic acids is 1. The zero-order valence-corrected chi connectivity index (χ0v) is 13.3. The molecule has 0 aromatic carbocycles. The summed E-state index contributed by atoms with van der Waals surface area (Å²) in [5.74, 6) is -0.381. The lowest BCUT2D eigenvalue weighted by atomic mass is 10.0. The molecule has 0 spiro atoms. The first-order valence-corrected chi connectivity index (χ1v) is 7.45. The van der Waals surface area contributed by atoms with Crippen molar-refractivity contribution in [2.75, 3.05) is 13.6 Å². The molecule has 0 aliphatic heterocycles. The number of rotatable bonds is 3. The van der Waals surface area contributed by atoms with Crippen LogP contribution >= 0.6 is 34.8 Å². The van der Waals surface area contributed by atoms with Gasteiger partial charge in [0.2, 0.25) is 0 Å². The fraction of sp³-hybridized carbons (Fsp3) is 0.538. The number of likely N-dealkylation sites (N-methyl/N-ethyl adjacent to an activating group) is 1. The number of amides is 1. The molecule has 1 aliphatic rings. The topological polar surface area (TPSA) is 53.4 Å². The van der Waals surface area contributed by atoms with Crippen LogP contribution in [0.2, 0.25) is 15.1 Å². The van der Waals surface area contributed by atoms with Crippen molar-refractivity contribution in [2.24, 2.45) is 0 Å². The van der Waals surface area contributed by atoms with Gasteiger partial charge in [-0.05, 0) is 12.8 Å². The van der Waals surface area contributed by atoms with Crippen LogP contribution in [0.25, 0.3) is 0 Å². The maximum atomic E-state index is 12.3. The smallest absolute Gasteiger partial charge is 0.273 e. The number of nitrogens with zero attached hydrogens (tertiary/aromatic N) is 2. The van der Waals surface area contributed by atoms with E-state index in [4.69, 9.17) is 34.8 Å². The van der Waals surface area contributed by atoms with E-state index in [0.29, 0.717) is 12.8 Å². The van der Waals surface area contributed by atoms with Crippen LogP contribution in [0.1, 0.15) is 36.2 Å². The van der Waals surface area contributed by atoms with Gasteiger partial charge in [0.25, 0.3) is 5.91 Å². The first-order chi connectivity index (χ1) is 9.34. The van der Waals surface area contributed by atoms with Crippen molar-refractivity contribution in [2.45, 2.75) is 31.3 Å². The third-order valence-corrected chi connectivity index (χ3v) is 4.77. The van der Waals surface area contributed by atoms with Crippen LogP contribution in [0.15, 0.2) is 6.20 Å². The van der Waals surface area contributed by atoms with Gasteiger partial charge in [-0.25, -0.2) is 4.98 Å². The van der Waals surface area contributed by atoms with Crippen molar-refractivity contribution in [3.05, 3.63) is 27.0 Å². The van der Waals surface area contributed by atoms with E-state index < -0.39 is 5.60 Å². The minimum Gasteiger partial charge on any atom is -0.388 e. The lowest BCUT2D eigenvalue weighted by Gasteiger charge is -2.28. The summed E-state index contributed by atoms with van der Waals surface area (Å²) in [6, 6.07) is 0. The molecule has 1 aromatic rings. The Balaban J connectivity index is 2.17. The van der Waals surface area contributed by atoms with Crippen molar-refractivity contribution in [1.29, 1.82) is 0 Å². The number of carbonyl (C=O) groups is 1. The molecule has 1 amide bonds. The van der Waals surface area contributed by atoms with Crippen molar-refractivity contribution in [3.8, 4) is 0 Å². The van der Waals surface area contributed by atoms with Gasteiger partial charge < -0.3 is 10.0 Å². The zero-order chi connectivity index (χ0) is 14.9. The van der Waals surface area contributed by atoms with E-state index in [1.807, 2.05) is 0 Å². The Bertz CT molecular complexity index is 531. The molecule has 1 heterocycles. The Morgan fingerprint density at radius 1 is 1.35 bits per heavy atom. The summed E-state index contributed by atoms with van der Waals surface area (Å²) in [7, 11) is 1.61. The van der Waals surface area contributed by atoms with Gasteiger partial charge in [-0.15, -0.1) is 0 Å². The van der Waals surface area contributed by atoms with Crippen LogP contribution in [0, 0.1) is 0 Å². The zero-order valence-electron chi connectivity index (χ0n) is 11.0. The van der Waals surface area contributed by atoms with Crippen LogP contribution in [0.5, 0.6) is 0 Å². The second kappa shape index (κ2) is 6.06. The first-order valence-electron chi connectivity index (χ1n) is 6.31. The summed E-state index contributed by atoms with van der Waals surface area (Å²) in [4.78, 5) is 17.7. The lowest BCUT2D eigenvalue weighted by Crippen LogP contribution is -2.42. The van der Waals surface area contributed by atoms with Crippen LogP contribution < -0.4 is 0 Å². The normalized spacial score (nSPS) is 17.2. The van der Waals surface area contributed by atoms with Gasteiger partial charge in [0.05, 0.1) is 20.7 Å². The van der Waals surface area contributed by atoms with E-state index in [9.17, 15) is 9.90 Å². The quantitative estimate of drug-likeness (QED) is 0.919. The minimum absolute atomic E-state index is 0.0365. The molecule has 4 nitrogen and oxygen atoms in total. The molecule has 7 heteroatoms. The van der Waals surface area contributed by atoms with Crippen LogP contribution in [-0.2, 0) is 0 Å². The van der Waals surface area contributed by atoms with Crippen molar-refractivity contribution in [1.82, 2.24) is 9.88 Å². The molecule has 2 rings (SSSR count). The fourth-order valence-corrected chi connectivity index (χ4v) is 3.04. The number of aromatic nitrogens is 1. The second-order valence-corrected chi connectivity index (χ2v) is 6.34. The predicted molar refractivity (Wildman–Crippen MR) is 79.6 cm³/mol. The minimum atomic E-state index is -0.812. The van der Waals surface area contributed by atoms with E-state index in [1.54, 1.807) is 7.05 Å². The lowest BCUT2D eigenvalue weighted by molar-refractivity contribution is 0.0155. The Hall–Kier alpha value is -0.550. The number of hydrogen-bond donors (Lipinski definition) is 1. The van der Waals surface area contributed by atoms with Gasteiger partial charge in [0, 0.05) is 19.8 Å². The van der Waals surface area contributed by atoms with Crippen molar-refractivity contribution >= 4 is 40.7 Å². The number of pyridine rings is 1. The standard InChI is InChI=1S/C13H15Cl3N2O2/c1-18(7-13(20)4-2-3-5-13)12(19)11-10(16)9(15)8(14)6-17-11/h6,20H,2-5,7H2,1H3. The Kier molecular flexibility index (Phi) is 4.80. The molecule has 0 atom stereocenters. The highest BCUT2D eigenvalue weighted by atomic mass is 35.5. The molecular weight excluding hydrogens is 323 g/mol. The van der Waals surface area contributed by atoms with Gasteiger partial charge in [-0.3, -0.25) is 4.79 Å². The first kappa shape index (κ1) is 15.8. The molecule has 0 unspecified atom stereocenters. The largest absolute Gasteiger partial charge is 0.388 e. The monoisotopic (exact) mass is 336 g/mol. The van der Waals surface area contributed by atoms with Crippen molar-refractivity contribution in [3.63, 3.8) is 0 Å². The van der Waals surface area contributed by atoms with Gasteiger partial charge >= 0.3 is 0 Å². The predicted octanol–water partition coefficient (Wildman–Crippen LogP) is 3.42. The average Bonchev–Trinajstić information content (AvgIpc) is 2.82. The highest BCUT2D eigenvalue weighted by molar-refractivity contribution is 6.48. The molecule has 1 saturated carbocycles. The number of hydrogen-bond acceptors (Lipinski definition) is 3. The van der Waals surface area contributed by atoms with Gasteiger partial charge in [-0.1, -0.05) is 47.6 Å². The number of aliphatic hydroxyl groups is 1. The molecule has 1 fully saturated rings. The van der Waals surface area contributed by atoms with Gasteiger partial charge in [0.15, 0.2) is 0 Å². The Morgan fingerprint density at radius 2 is 1.95 bits per heavy atom. The fourth-order valence-electron chi connectivity index (χ4n) is 2.48. The molecule has 1 N–H and O–H groups in total. The van der Waals surface area contributed by atoms with Crippen molar-refractivity contribution < 1.29 is 9.90 Å². The maximum Gasteiger partial charge on any atom is 0.273 e. The molecule has 1 aromatic heterocycles. The molecule has 1 aliphatic carbocycles. The third kappa shape index (κ3) is 3.19. The Labute approximate surface area is 132 Å². The summed E-state index contributed by atoms with van der Waals surface area (Å²) in [6.45, 7) is 0.254. The summed E-state index contributed by atoms with van der Waals surface area (Å²) >= 11 is 17.7. The third-order valence-electron chi connectivity index (χ3n) is 3.53. The second-order valence-electron chi connectivity index (χ2n) is 5.18. The van der Waals surface area contributed by atoms with E-state index in [1.165, 1.54) is 11.1 Å². The summed E-state index contributed by atoms with van der Waals surface area (Å²) < 4.78 is 0. The summed E-state index contributed by atoms with van der Waals surface area (Å²) in [5, 5.41) is 10.7. The molecular formula is C13H15Cl3N2O2. The number of halogens is 3. The molecule has 0 bridgehead atoms. The van der Waals surface area contributed by atoms with Crippen LogP contribution in [0.3, 0.4) is 0 Å². The van der Waals surface area contributed by atoms with Gasteiger partial charge in [0.1, 0.15) is 5.69 Å².